The Labute approximate surface area is 185 Å². The molecule has 9 heteroatoms. The lowest BCUT2D eigenvalue weighted by molar-refractivity contribution is 0.141. The standard InChI is InChI=1S/C21H20BrFN4O2S/c1-2-29-11-5-10-26-19(28)16-6-3-4-7-18(16)27-20(26)24-25-21(27)30-13-14-12-15(22)8-9-17(14)23/h3-4,6-9,12H,2,5,10-11,13H2,1H3. The number of aryl methyl sites for hydroxylation is 1. The fourth-order valence-electron chi connectivity index (χ4n) is 3.29. The third kappa shape index (κ3) is 4.14. The van der Waals surface area contributed by atoms with E-state index in [4.69, 9.17) is 4.74 Å². The Kier molecular flexibility index (Phi) is 6.50. The van der Waals surface area contributed by atoms with Crippen LogP contribution >= 0.6 is 27.7 Å². The van der Waals surface area contributed by atoms with Crippen LogP contribution in [0.4, 0.5) is 4.39 Å². The van der Waals surface area contributed by atoms with Crippen LogP contribution in [0.3, 0.4) is 0 Å². The lowest BCUT2D eigenvalue weighted by Crippen LogP contribution is -2.24. The minimum atomic E-state index is -0.266. The Morgan fingerprint density at radius 2 is 2.03 bits per heavy atom. The van der Waals surface area contributed by atoms with Gasteiger partial charge in [0.05, 0.1) is 10.9 Å². The van der Waals surface area contributed by atoms with Gasteiger partial charge in [0, 0.05) is 30.0 Å². The molecule has 0 aliphatic rings. The van der Waals surface area contributed by atoms with E-state index < -0.39 is 0 Å². The van der Waals surface area contributed by atoms with Crippen molar-refractivity contribution in [2.75, 3.05) is 13.2 Å². The molecule has 156 valence electrons. The van der Waals surface area contributed by atoms with Gasteiger partial charge in [-0.1, -0.05) is 39.8 Å². The maximum absolute atomic E-state index is 14.2. The van der Waals surface area contributed by atoms with Gasteiger partial charge in [0.1, 0.15) is 5.82 Å². The van der Waals surface area contributed by atoms with Crippen LogP contribution in [0.5, 0.6) is 0 Å². The van der Waals surface area contributed by atoms with Crippen molar-refractivity contribution in [3.05, 3.63) is 68.7 Å². The highest BCUT2D eigenvalue weighted by atomic mass is 79.9. The predicted octanol–water partition coefficient (Wildman–Crippen LogP) is 4.66. The van der Waals surface area contributed by atoms with E-state index in [2.05, 4.69) is 26.1 Å². The first-order chi connectivity index (χ1) is 14.6. The van der Waals surface area contributed by atoms with Crippen LogP contribution in [0.2, 0.25) is 0 Å². The maximum atomic E-state index is 14.2. The van der Waals surface area contributed by atoms with E-state index in [-0.39, 0.29) is 11.4 Å². The number of halogens is 2. The van der Waals surface area contributed by atoms with Gasteiger partial charge in [0.15, 0.2) is 5.16 Å². The van der Waals surface area contributed by atoms with Gasteiger partial charge in [-0.15, -0.1) is 10.2 Å². The van der Waals surface area contributed by atoms with Crippen molar-refractivity contribution in [2.24, 2.45) is 0 Å². The second-order valence-corrected chi connectivity index (χ2v) is 8.52. The zero-order valence-corrected chi connectivity index (χ0v) is 18.7. The summed E-state index contributed by atoms with van der Waals surface area (Å²) >= 11 is 4.76. The zero-order chi connectivity index (χ0) is 21.1. The molecule has 0 spiro atoms. The van der Waals surface area contributed by atoms with Crippen molar-refractivity contribution in [1.29, 1.82) is 0 Å². The van der Waals surface area contributed by atoms with E-state index in [1.54, 1.807) is 22.8 Å². The Bertz CT molecular complexity index is 1260. The lowest BCUT2D eigenvalue weighted by Gasteiger charge is -2.11. The highest BCUT2D eigenvalue weighted by molar-refractivity contribution is 9.10. The van der Waals surface area contributed by atoms with Gasteiger partial charge in [-0.05, 0) is 49.2 Å². The number of rotatable bonds is 8. The van der Waals surface area contributed by atoms with Gasteiger partial charge in [0.2, 0.25) is 5.78 Å². The predicted molar refractivity (Wildman–Crippen MR) is 120 cm³/mol. The molecule has 0 amide bonds. The highest BCUT2D eigenvalue weighted by Gasteiger charge is 2.17. The molecule has 0 fully saturated rings. The summed E-state index contributed by atoms with van der Waals surface area (Å²) in [6, 6.07) is 12.3. The van der Waals surface area contributed by atoms with Crippen LogP contribution in [0.25, 0.3) is 16.7 Å². The number of hydrogen-bond acceptors (Lipinski definition) is 5. The number of nitrogens with zero attached hydrogens (tertiary/aromatic N) is 4. The molecule has 6 nitrogen and oxygen atoms in total. The fourth-order valence-corrected chi connectivity index (χ4v) is 4.62. The SMILES string of the molecule is CCOCCCn1c(=O)c2ccccc2n2c(SCc3cc(Br)ccc3F)nnc12. The molecular weight excluding hydrogens is 471 g/mol. The number of thioether (sulfide) groups is 1. The van der Waals surface area contributed by atoms with Gasteiger partial charge < -0.3 is 4.74 Å². The van der Waals surface area contributed by atoms with Gasteiger partial charge in [-0.2, -0.15) is 0 Å². The van der Waals surface area contributed by atoms with E-state index in [9.17, 15) is 9.18 Å². The first-order valence-electron chi connectivity index (χ1n) is 9.61. The number of para-hydroxylation sites is 1. The average Bonchev–Trinajstić information content (AvgIpc) is 3.18. The zero-order valence-electron chi connectivity index (χ0n) is 16.3. The quantitative estimate of drug-likeness (QED) is 0.265. The van der Waals surface area contributed by atoms with Gasteiger partial charge in [0.25, 0.3) is 5.56 Å². The van der Waals surface area contributed by atoms with Crippen molar-refractivity contribution in [2.45, 2.75) is 30.8 Å². The monoisotopic (exact) mass is 490 g/mol. The smallest absolute Gasteiger partial charge is 0.262 e. The third-order valence-corrected chi connectivity index (χ3v) is 6.19. The summed E-state index contributed by atoms with van der Waals surface area (Å²) in [5, 5.41) is 9.81. The molecule has 0 unspecified atom stereocenters. The first kappa shape index (κ1) is 21.0. The van der Waals surface area contributed by atoms with Gasteiger partial charge in [-0.25, -0.2) is 4.39 Å². The van der Waals surface area contributed by atoms with Crippen LogP contribution in [-0.4, -0.2) is 32.4 Å². The Hall–Kier alpha value is -2.23. The molecule has 0 atom stereocenters. The number of aromatic nitrogens is 4. The van der Waals surface area contributed by atoms with E-state index in [1.807, 2.05) is 29.5 Å². The van der Waals surface area contributed by atoms with Crippen LogP contribution in [0.1, 0.15) is 18.9 Å². The Morgan fingerprint density at radius 1 is 1.20 bits per heavy atom. The fraction of sp³-hybridized carbons (Fsp3) is 0.286. The first-order valence-corrected chi connectivity index (χ1v) is 11.4. The minimum Gasteiger partial charge on any atom is -0.382 e. The van der Waals surface area contributed by atoms with Crippen molar-refractivity contribution in [3.63, 3.8) is 0 Å². The molecule has 0 radical (unpaired) electrons. The topological polar surface area (TPSA) is 61.4 Å². The highest BCUT2D eigenvalue weighted by Crippen LogP contribution is 2.27. The summed E-state index contributed by atoms with van der Waals surface area (Å²) in [6.07, 6.45) is 0.695. The van der Waals surface area contributed by atoms with Crippen molar-refractivity contribution < 1.29 is 9.13 Å². The molecule has 4 aromatic rings. The van der Waals surface area contributed by atoms with Gasteiger partial charge in [-0.3, -0.25) is 13.8 Å². The maximum Gasteiger partial charge on any atom is 0.262 e. The van der Waals surface area contributed by atoms with Crippen LogP contribution in [-0.2, 0) is 17.0 Å². The molecule has 2 heterocycles. The summed E-state index contributed by atoms with van der Waals surface area (Å²) in [4.78, 5) is 13.1. The molecule has 0 saturated carbocycles. The number of benzene rings is 2. The molecule has 4 rings (SSSR count). The normalized spacial score (nSPS) is 11.6. The summed E-state index contributed by atoms with van der Waals surface area (Å²) < 4.78 is 23.9. The molecule has 0 aliphatic heterocycles. The number of hydrogen-bond donors (Lipinski definition) is 0. The average molecular weight is 491 g/mol. The van der Waals surface area contributed by atoms with Crippen LogP contribution in [0.15, 0.2) is 56.9 Å². The van der Waals surface area contributed by atoms with Crippen LogP contribution < -0.4 is 5.56 Å². The molecule has 0 saturated heterocycles. The molecule has 0 bridgehead atoms. The largest absolute Gasteiger partial charge is 0.382 e. The van der Waals surface area contributed by atoms with E-state index in [0.29, 0.717) is 53.8 Å². The van der Waals surface area contributed by atoms with Gasteiger partial charge >= 0.3 is 0 Å². The molecular formula is C21H20BrFN4O2S. The molecule has 2 aromatic heterocycles. The van der Waals surface area contributed by atoms with Crippen molar-refractivity contribution in [3.8, 4) is 0 Å². The Morgan fingerprint density at radius 3 is 2.87 bits per heavy atom. The lowest BCUT2D eigenvalue weighted by atomic mass is 10.2. The second-order valence-electron chi connectivity index (χ2n) is 6.67. The second kappa shape index (κ2) is 9.28. The van der Waals surface area contributed by atoms with Crippen molar-refractivity contribution >= 4 is 44.4 Å². The summed E-state index contributed by atoms with van der Waals surface area (Å²) in [7, 11) is 0. The van der Waals surface area contributed by atoms with E-state index in [0.717, 1.165) is 9.99 Å². The molecule has 30 heavy (non-hydrogen) atoms. The van der Waals surface area contributed by atoms with Crippen LogP contribution in [0, 0.1) is 5.82 Å². The number of ether oxygens (including phenoxy) is 1. The van der Waals surface area contributed by atoms with Crippen molar-refractivity contribution in [1.82, 2.24) is 19.2 Å². The minimum absolute atomic E-state index is 0.100. The summed E-state index contributed by atoms with van der Waals surface area (Å²) in [6.45, 7) is 3.63. The summed E-state index contributed by atoms with van der Waals surface area (Å²) in [5.74, 6) is 0.605. The molecule has 2 aromatic carbocycles. The summed E-state index contributed by atoms with van der Waals surface area (Å²) in [5.41, 5.74) is 1.21. The molecule has 0 aliphatic carbocycles. The van der Waals surface area contributed by atoms with E-state index >= 15 is 0 Å². The van der Waals surface area contributed by atoms with E-state index in [1.165, 1.54) is 17.8 Å². The third-order valence-electron chi connectivity index (χ3n) is 4.72. The number of fused-ring (bicyclic) bond motifs is 3. The molecule has 0 N–H and O–H groups in total. The Balaban J connectivity index is 1.75.